The summed E-state index contributed by atoms with van der Waals surface area (Å²) < 4.78 is 6.73. The van der Waals surface area contributed by atoms with Crippen LogP contribution in [0.3, 0.4) is 0 Å². The molecule has 1 aromatic heterocycles. The highest BCUT2D eigenvalue weighted by Crippen LogP contribution is 2.36. The summed E-state index contributed by atoms with van der Waals surface area (Å²) in [5, 5.41) is 7.48. The number of halogens is 1. The lowest BCUT2D eigenvalue weighted by Crippen LogP contribution is -2.56. The summed E-state index contributed by atoms with van der Waals surface area (Å²) in [5.74, 6) is 1.13. The number of carbonyl (C=O) groups excluding carboxylic acids is 2. The van der Waals surface area contributed by atoms with E-state index in [4.69, 9.17) is 4.74 Å². The fraction of sp³-hybridized carbons (Fsp3) is 0.750. The molecular weight excluding hydrogens is 360 g/mol. The molecule has 26 heavy (non-hydrogen) atoms. The first-order chi connectivity index (χ1) is 12.0. The smallest absolute Gasteiger partial charge is 0.328 e. The van der Waals surface area contributed by atoms with Gasteiger partial charge in [-0.15, -0.1) is 12.4 Å². The van der Waals surface area contributed by atoms with Gasteiger partial charge in [0, 0.05) is 27.3 Å². The number of piperidine rings is 1. The molecule has 10 heteroatoms. The Balaban J connectivity index is 0.00000243. The zero-order chi connectivity index (χ0) is 18.0. The second-order valence-electron chi connectivity index (χ2n) is 6.65. The van der Waals surface area contributed by atoms with Gasteiger partial charge in [0.1, 0.15) is 17.2 Å². The largest absolute Gasteiger partial charge is 0.385 e. The minimum absolute atomic E-state index is 0. The Morgan fingerprint density at radius 3 is 2.54 bits per heavy atom. The topological polar surface area (TPSA) is 92.6 Å². The van der Waals surface area contributed by atoms with Gasteiger partial charge >= 0.3 is 6.03 Å². The number of aromatic nitrogens is 3. The van der Waals surface area contributed by atoms with Gasteiger partial charge in [-0.05, 0) is 39.3 Å². The highest BCUT2D eigenvalue weighted by molar-refractivity contribution is 6.07. The fourth-order valence-corrected chi connectivity index (χ4v) is 3.76. The van der Waals surface area contributed by atoms with Crippen molar-refractivity contribution in [3.05, 3.63) is 11.6 Å². The van der Waals surface area contributed by atoms with E-state index in [1.807, 2.05) is 0 Å². The highest BCUT2D eigenvalue weighted by atomic mass is 35.5. The summed E-state index contributed by atoms with van der Waals surface area (Å²) in [6, 6.07) is -0.233. The molecule has 0 atom stereocenters. The number of ether oxygens (including phenoxy) is 1. The molecule has 3 heterocycles. The van der Waals surface area contributed by atoms with Crippen molar-refractivity contribution in [1.29, 1.82) is 0 Å². The van der Waals surface area contributed by atoms with E-state index in [2.05, 4.69) is 15.4 Å². The lowest BCUT2D eigenvalue weighted by molar-refractivity contribution is -0.135. The number of hydrogen-bond acceptors (Lipinski definition) is 6. The van der Waals surface area contributed by atoms with E-state index < -0.39 is 5.54 Å². The molecule has 1 aromatic rings. The van der Waals surface area contributed by atoms with Gasteiger partial charge in [0.05, 0.1) is 6.54 Å². The van der Waals surface area contributed by atoms with Crippen molar-refractivity contribution < 1.29 is 14.3 Å². The number of nitrogens with zero attached hydrogens (tertiary/aromatic N) is 5. The van der Waals surface area contributed by atoms with E-state index in [-0.39, 0.29) is 30.9 Å². The zero-order valence-corrected chi connectivity index (χ0v) is 16.3. The van der Waals surface area contributed by atoms with E-state index in [0.29, 0.717) is 44.1 Å². The average Bonchev–Trinajstić information content (AvgIpc) is 3.00. The molecule has 3 amide bonds. The molecular formula is C16H27ClN6O3. The van der Waals surface area contributed by atoms with Crippen LogP contribution in [0, 0.1) is 6.92 Å². The number of hydrogen-bond donors (Lipinski definition) is 1. The van der Waals surface area contributed by atoms with Crippen LogP contribution in [0.1, 0.15) is 30.9 Å². The lowest BCUT2D eigenvalue weighted by atomic mass is 9.86. The van der Waals surface area contributed by atoms with E-state index >= 15 is 0 Å². The van der Waals surface area contributed by atoms with Gasteiger partial charge in [-0.3, -0.25) is 14.4 Å². The SMILES string of the molecule is COCCCN1C(=O)N(Cc2nc(C)nn2C)C(=O)C12CCNCC2.Cl. The number of imide groups is 1. The number of nitrogens with one attached hydrogen (secondary N) is 1. The van der Waals surface area contributed by atoms with Crippen molar-refractivity contribution >= 4 is 24.3 Å². The predicted molar refractivity (Wildman–Crippen MR) is 97.0 cm³/mol. The highest BCUT2D eigenvalue weighted by Gasteiger charge is 2.57. The molecule has 0 bridgehead atoms. The van der Waals surface area contributed by atoms with Gasteiger partial charge in [0.2, 0.25) is 0 Å². The Hall–Kier alpha value is -1.71. The molecule has 0 aromatic carbocycles. The maximum absolute atomic E-state index is 13.2. The zero-order valence-electron chi connectivity index (χ0n) is 15.5. The second kappa shape index (κ2) is 8.32. The van der Waals surface area contributed by atoms with Gasteiger partial charge in [-0.25, -0.2) is 9.78 Å². The summed E-state index contributed by atoms with van der Waals surface area (Å²) in [6.45, 7) is 4.50. The molecule has 9 nitrogen and oxygen atoms in total. The van der Waals surface area contributed by atoms with E-state index in [9.17, 15) is 9.59 Å². The van der Waals surface area contributed by atoms with Gasteiger partial charge in [-0.2, -0.15) is 5.10 Å². The van der Waals surface area contributed by atoms with Crippen LogP contribution in [0.25, 0.3) is 0 Å². The van der Waals surface area contributed by atoms with Crippen LogP contribution in [0.5, 0.6) is 0 Å². The van der Waals surface area contributed by atoms with Crippen LogP contribution in [0.15, 0.2) is 0 Å². The molecule has 2 saturated heterocycles. The average molecular weight is 387 g/mol. The summed E-state index contributed by atoms with van der Waals surface area (Å²) in [4.78, 5) is 33.6. The van der Waals surface area contributed by atoms with Gasteiger partial charge in [0.15, 0.2) is 0 Å². The molecule has 1 N–H and O–H groups in total. The van der Waals surface area contributed by atoms with Crippen LogP contribution in [-0.2, 0) is 23.1 Å². The minimum atomic E-state index is -0.732. The first-order valence-corrected chi connectivity index (χ1v) is 8.69. The van der Waals surface area contributed by atoms with Crippen molar-refractivity contribution in [1.82, 2.24) is 29.9 Å². The molecule has 1 spiro atoms. The molecule has 146 valence electrons. The Morgan fingerprint density at radius 2 is 1.96 bits per heavy atom. The molecule has 0 aliphatic carbocycles. The molecule has 2 aliphatic heterocycles. The van der Waals surface area contributed by atoms with Gasteiger partial charge in [0.25, 0.3) is 5.91 Å². The Kier molecular flexibility index (Phi) is 6.59. The lowest BCUT2D eigenvalue weighted by Gasteiger charge is -2.38. The predicted octanol–water partition coefficient (Wildman–Crippen LogP) is 0.468. The molecule has 0 unspecified atom stereocenters. The quantitative estimate of drug-likeness (QED) is 0.564. The first-order valence-electron chi connectivity index (χ1n) is 8.69. The number of methoxy groups -OCH3 is 1. The third-order valence-electron chi connectivity index (χ3n) is 5.04. The summed E-state index contributed by atoms with van der Waals surface area (Å²) in [7, 11) is 3.41. The van der Waals surface area contributed by atoms with Crippen molar-refractivity contribution in [2.45, 2.75) is 38.3 Å². The maximum atomic E-state index is 13.2. The molecule has 0 radical (unpaired) electrons. The summed E-state index contributed by atoms with van der Waals surface area (Å²) in [5.41, 5.74) is -0.732. The van der Waals surface area contributed by atoms with Crippen LogP contribution >= 0.6 is 12.4 Å². The van der Waals surface area contributed by atoms with Crippen molar-refractivity contribution in [2.75, 3.05) is 33.4 Å². The Labute approximate surface area is 159 Å². The van der Waals surface area contributed by atoms with Crippen LogP contribution in [0.4, 0.5) is 4.79 Å². The minimum Gasteiger partial charge on any atom is -0.385 e. The molecule has 0 saturated carbocycles. The number of aryl methyl sites for hydroxylation is 2. The van der Waals surface area contributed by atoms with Crippen LogP contribution in [0.2, 0.25) is 0 Å². The Morgan fingerprint density at radius 1 is 1.27 bits per heavy atom. The third kappa shape index (κ3) is 3.56. The number of carbonyl (C=O) groups is 2. The normalized spacial score (nSPS) is 19.3. The molecule has 2 fully saturated rings. The van der Waals surface area contributed by atoms with Crippen molar-refractivity contribution in [3.8, 4) is 0 Å². The number of rotatable bonds is 6. The van der Waals surface area contributed by atoms with Crippen molar-refractivity contribution in [2.24, 2.45) is 7.05 Å². The van der Waals surface area contributed by atoms with Crippen LogP contribution < -0.4 is 5.32 Å². The molecule has 3 rings (SSSR count). The standard InChI is InChI=1S/C16H26N6O3.ClH/c1-12-18-13(20(2)19-12)11-21-14(23)16(5-7-17-8-6-16)22(15(21)24)9-4-10-25-3;/h17H,4-11H2,1-3H3;1H. The third-order valence-corrected chi connectivity index (χ3v) is 5.04. The van der Waals surface area contributed by atoms with Crippen LogP contribution in [-0.4, -0.2) is 75.4 Å². The second-order valence-corrected chi connectivity index (χ2v) is 6.65. The summed E-state index contributed by atoms with van der Waals surface area (Å²) >= 11 is 0. The Bertz CT molecular complexity index is 658. The van der Waals surface area contributed by atoms with E-state index in [1.165, 1.54) is 4.90 Å². The number of urea groups is 1. The summed E-state index contributed by atoms with van der Waals surface area (Å²) in [6.07, 6.45) is 1.99. The number of amides is 3. The van der Waals surface area contributed by atoms with E-state index in [1.54, 1.807) is 30.7 Å². The fourth-order valence-electron chi connectivity index (χ4n) is 3.76. The van der Waals surface area contributed by atoms with E-state index in [0.717, 1.165) is 13.1 Å². The van der Waals surface area contributed by atoms with Gasteiger partial charge in [-0.1, -0.05) is 0 Å². The first kappa shape index (κ1) is 20.6. The van der Waals surface area contributed by atoms with Gasteiger partial charge < -0.3 is 15.0 Å². The maximum Gasteiger partial charge on any atom is 0.328 e. The monoisotopic (exact) mass is 386 g/mol. The van der Waals surface area contributed by atoms with Crippen molar-refractivity contribution in [3.63, 3.8) is 0 Å². The molecule has 2 aliphatic rings.